The molecule has 106 valence electrons. The van der Waals surface area contributed by atoms with Crippen molar-refractivity contribution in [1.29, 1.82) is 0 Å². The molecule has 0 bridgehead atoms. The van der Waals surface area contributed by atoms with Crippen LogP contribution in [0.1, 0.15) is 38.5 Å². The summed E-state index contributed by atoms with van der Waals surface area (Å²) in [6, 6.07) is 0.147. The predicted octanol–water partition coefficient (Wildman–Crippen LogP) is 0.256. The fourth-order valence-electron chi connectivity index (χ4n) is 2.67. The zero-order valence-electron chi connectivity index (χ0n) is 11.4. The van der Waals surface area contributed by atoms with Gasteiger partial charge in [0.15, 0.2) is 0 Å². The first-order valence-corrected chi connectivity index (χ1v) is 7.54. The normalized spacial score (nSPS) is 26.5. The average molecular weight is 265 g/mol. The molecule has 2 saturated carbocycles. The van der Waals surface area contributed by atoms with Crippen molar-refractivity contribution in [2.45, 2.75) is 50.6 Å². The Kier molecular flexibility index (Phi) is 3.73. The second-order valence-electron chi connectivity index (χ2n) is 6.10. The third kappa shape index (κ3) is 3.47. The number of hydrogen-bond donors (Lipinski definition) is 2. The Hall–Kier alpha value is -1.10. The Labute approximate surface area is 114 Å². The highest BCUT2D eigenvalue weighted by Gasteiger charge is 2.36. The molecule has 1 saturated heterocycles. The summed E-state index contributed by atoms with van der Waals surface area (Å²) in [7, 11) is 0. The van der Waals surface area contributed by atoms with Gasteiger partial charge in [-0.25, -0.2) is 0 Å². The number of rotatable bonds is 6. The van der Waals surface area contributed by atoms with Gasteiger partial charge in [0.25, 0.3) is 0 Å². The Morgan fingerprint density at radius 2 is 1.89 bits per heavy atom. The van der Waals surface area contributed by atoms with E-state index in [4.69, 9.17) is 0 Å². The van der Waals surface area contributed by atoms with E-state index in [1.165, 1.54) is 12.8 Å². The number of hydrogen-bond acceptors (Lipinski definition) is 3. The van der Waals surface area contributed by atoms with Crippen LogP contribution in [-0.2, 0) is 9.59 Å². The van der Waals surface area contributed by atoms with Gasteiger partial charge in [-0.05, 0) is 51.0 Å². The smallest absolute Gasteiger partial charge is 0.243 e. The molecule has 5 heteroatoms. The first kappa shape index (κ1) is 12.9. The van der Waals surface area contributed by atoms with Gasteiger partial charge >= 0.3 is 0 Å². The molecule has 2 amide bonds. The van der Waals surface area contributed by atoms with Crippen molar-refractivity contribution in [3.63, 3.8) is 0 Å². The van der Waals surface area contributed by atoms with Crippen LogP contribution in [0.25, 0.3) is 0 Å². The van der Waals surface area contributed by atoms with Gasteiger partial charge in [0.2, 0.25) is 11.8 Å². The lowest BCUT2D eigenvalue weighted by Gasteiger charge is -2.24. The maximum atomic E-state index is 12.1. The van der Waals surface area contributed by atoms with Crippen molar-refractivity contribution in [3.05, 3.63) is 0 Å². The molecular weight excluding hydrogens is 242 g/mol. The molecule has 1 atom stereocenters. The van der Waals surface area contributed by atoms with Gasteiger partial charge in [-0.2, -0.15) is 0 Å². The molecule has 0 radical (unpaired) electrons. The molecule has 1 heterocycles. The second kappa shape index (κ2) is 5.49. The van der Waals surface area contributed by atoms with Crippen LogP contribution in [0.5, 0.6) is 0 Å². The topological polar surface area (TPSA) is 61.4 Å². The van der Waals surface area contributed by atoms with Crippen LogP contribution in [0.4, 0.5) is 0 Å². The Morgan fingerprint density at radius 3 is 2.58 bits per heavy atom. The molecule has 0 aromatic carbocycles. The highest BCUT2D eigenvalue weighted by molar-refractivity contribution is 5.89. The predicted molar refractivity (Wildman–Crippen MR) is 71.5 cm³/mol. The highest BCUT2D eigenvalue weighted by Crippen LogP contribution is 2.27. The summed E-state index contributed by atoms with van der Waals surface area (Å²) in [6.45, 7) is 2.05. The van der Waals surface area contributed by atoms with Crippen LogP contribution in [0, 0.1) is 5.92 Å². The minimum Gasteiger partial charge on any atom is -0.352 e. The van der Waals surface area contributed by atoms with Gasteiger partial charge < -0.3 is 15.5 Å². The molecule has 1 aliphatic heterocycles. The van der Waals surface area contributed by atoms with Gasteiger partial charge in [-0.15, -0.1) is 0 Å². The maximum absolute atomic E-state index is 12.1. The summed E-state index contributed by atoms with van der Waals surface area (Å²) in [5.74, 6) is 0.907. The Bertz CT molecular complexity index is 364. The van der Waals surface area contributed by atoms with Crippen molar-refractivity contribution < 1.29 is 9.59 Å². The molecule has 0 aromatic rings. The van der Waals surface area contributed by atoms with E-state index < -0.39 is 0 Å². The third-order valence-electron chi connectivity index (χ3n) is 4.21. The lowest BCUT2D eigenvalue weighted by atomic mass is 10.2. The minimum atomic E-state index is -0.226. The fraction of sp³-hybridized carbons (Fsp3) is 0.857. The van der Waals surface area contributed by atoms with Gasteiger partial charge in [-0.3, -0.25) is 9.59 Å². The number of nitrogens with one attached hydrogen (secondary N) is 2. The summed E-state index contributed by atoms with van der Waals surface area (Å²) in [6.07, 6.45) is 6.52. The first-order chi connectivity index (χ1) is 9.24. The second-order valence-corrected chi connectivity index (χ2v) is 6.10. The van der Waals surface area contributed by atoms with Crippen molar-refractivity contribution in [3.8, 4) is 0 Å². The zero-order chi connectivity index (χ0) is 13.2. The van der Waals surface area contributed by atoms with Crippen LogP contribution >= 0.6 is 0 Å². The van der Waals surface area contributed by atoms with E-state index in [0.717, 1.165) is 44.7 Å². The van der Waals surface area contributed by atoms with E-state index in [9.17, 15) is 9.59 Å². The number of nitrogens with zero attached hydrogens (tertiary/aromatic N) is 1. The monoisotopic (exact) mass is 265 g/mol. The van der Waals surface area contributed by atoms with E-state index in [1.54, 1.807) is 4.90 Å². The van der Waals surface area contributed by atoms with Crippen molar-refractivity contribution in [2.24, 2.45) is 5.92 Å². The molecule has 3 aliphatic rings. The molecule has 3 fully saturated rings. The first-order valence-electron chi connectivity index (χ1n) is 7.54. The summed E-state index contributed by atoms with van der Waals surface area (Å²) in [5.41, 5.74) is 0. The molecule has 0 aromatic heterocycles. The maximum Gasteiger partial charge on any atom is 0.243 e. The summed E-state index contributed by atoms with van der Waals surface area (Å²) in [5, 5.41) is 6.23. The van der Waals surface area contributed by atoms with Crippen LogP contribution in [-0.4, -0.2) is 48.4 Å². The molecule has 5 nitrogen and oxygen atoms in total. The molecule has 0 spiro atoms. The summed E-state index contributed by atoms with van der Waals surface area (Å²) < 4.78 is 0. The van der Waals surface area contributed by atoms with Gasteiger partial charge in [-0.1, -0.05) is 0 Å². The largest absolute Gasteiger partial charge is 0.352 e. The van der Waals surface area contributed by atoms with E-state index in [0.29, 0.717) is 12.6 Å². The molecule has 3 rings (SSSR count). The number of amides is 2. The van der Waals surface area contributed by atoms with Crippen molar-refractivity contribution >= 4 is 11.8 Å². The Balaban J connectivity index is 1.46. The van der Waals surface area contributed by atoms with Crippen LogP contribution in [0.15, 0.2) is 0 Å². The fourth-order valence-corrected chi connectivity index (χ4v) is 2.67. The SMILES string of the molecule is O=C(NC1CC1)C1CCCN1C(=O)CNCC1CC1. The molecule has 1 unspecified atom stereocenters. The van der Waals surface area contributed by atoms with E-state index in [-0.39, 0.29) is 17.9 Å². The van der Waals surface area contributed by atoms with Gasteiger partial charge in [0.1, 0.15) is 6.04 Å². The number of likely N-dealkylation sites (tertiary alicyclic amines) is 1. The quantitative estimate of drug-likeness (QED) is 0.724. The van der Waals surface area contributed by atoms with Gasteiger partial charge in [0.05, 0.1) is 6.54 Å². The van der Waals surface area contributed by atoms with Gasteiger partial charge in [0, 0.05) is 12.6 Å². The lowest BCUT2D eigenvalue weighted by Crippen LogP contribution is -2.49. The summed E-state index contributed by atoms with van der Waals surface area (Å²) in [4.78, 5) is 26.0. The van der Waals surface area contributed by atoms with Crippen LogP contribution in [0.2, 0.25) is 0 Å². The van der Waals surface area contributed by atoms with Crippen LogP contribution in [0.3, 0.4) is 0 Å². The standard InChI is InChI=1S/C14H23N3O2/c18-13(9-15-8-10-3-4-10)17-7-1-2-12(17)14(19)16-11-5-6-11/h10-12,15H,1-9H2,(H,16,19). The van der Waals surface area contributed by atoms with Crippen molar-refractivity contribution in [1.82, 2.24) is 15.5 Å². The molecule has 19 heavy (non-hydrogen) atoms. The molecule has 2 aliphatic carbocycles. The third-order valence-corrected chi connectivity index (χ3v) is 4.21. The van der Waals surface area contributed by atoms with E-state index >= 15 is 0 Å². The van der Waals surface area contributed by atoms with E-state index in [2.05, 4.69) is 10.6 Å². The van der Waals surface area contributed by atoms with Crippen molar-refractivity contribution in [2.75, 3.05) is 19.6 Å². The lowest BCUT2D eigenvalue weighted by molar-refractivity contribution is -0.137. The average Bonchev–Trinajstić information content (AvgIpc) is 3.31. The molecule has 2 N–H and O–H groups in total. The number of carbonyl (C=O) groups excluding carboxylic acids is 2. The highest BCUT2D eigenvalue weighted by atomic mass is 16.2. The summed E-state index contributed by atoms with van der Waals surface area (Å²) >= 11 is 0. The van der Waals surface area contributed by atoms with Crippen LogP contribution < -0.4 is 10.6 Å². The Morgan fingerprint density at radius 1 is 1.11 bits per heavy atom. The molecular formula is C14H23N3O2. The zero-order valence-corrected chi connectivity index (χ0v) is 11.4. The number of carbonyl (C=O) groups is 2. The minimum absolute atomic E-state index is 0.0514. The van der Waals surface area contributed by atoms with E-state index in [1.807, 2.05) is 0 Å².